The fourth-order valence-electron chi connectivity index (χ4n) is 2.90. The van der Waals surface area contributed by atoms with Crippen LogP contribution >= 0.6 is 11.8 Å². The van der Waals surface area contributed by atoms with Crippen LogP contribution in [0.25, 0.3) is 17.1 Å². The van der Waals surface area contributed by atoms with Crippen molar-refractivity contribution in [3.8, 4) is 22.8 Å². The normalized spacial score (nSPS) is 11.2. The second kappa shape index (κ2) is 8.71. The number of methoxy groups -OCH3 is 1. The molecule has 0 bridgehead atoms. The highest BCUT2D eigenvalue weighted by molar-refractivity contribution is 7.98. The summed E-state index contributed by atoms with van der Waals surface area (Å²) < 4.78 is 13.1. The minimum absolute atomic E-state index is 0.203. The summed E-state index contributed by atoms with van der Waals surface area (Å²) >= 11 is 1.52. The van der Waals surface area contributed by atoms with Crippen molar-refractivity contribution in [1.82, 2.24) is 25.0 Å². The van der Waals surface area contributed by atoms with Crippen molar-refractivity contribution < 1.29 is 9.15 Å². The summed E-state index contributed by atoms with van der Waals surface area (Å²) in [6.07, 6.45) is 0. The molecule has 2 aromatic carbocycles. The van der Waals surface area contributed by atoms with Gasteiger partial charge >= 0.3 is 0 Å². The van der Waals surface area contributed by atoms with Crippen LogP contribution in [0.4, 0.5) is 0 Å². The molecule has 4 rings (SSSR count). The largest absolute Gasteiger partial charge is 0.497 e. The Labute approximate surface area is 179 Å². The number of hydrogen-bond donors (Lipinski definition) is 0. The van der Waals surface area contributed by atoms with Gasteiger partial charge in [0.1, 0.15) is 5.75 Å². The van der Waals surface area contributed by atoms with Crippen LogP contribution in [-0.4, -0.2) is 32.1 Å². The molecule has 0 aliphatic carbocycles. The zero-order chi connectivity index (χ0) is 21.1. The Balaban J connectivity index is 1.68. The van der Waals surface area contributed by atoms with Crippen LogP contribution in [0.1, 0.15) is 37.1 Å². The lowest BCUT2D eigenvalue weighted by molar-refractivity contribution is 0.415. The number of nitrogens with zero attached hydrogens (tertiary/aromatic N) is 5. The predicted molar refractivity (Wildman–Crippen MR) is 116 cm³/mol. The number of hydrogen-bond acceptors (Lipinski definition) is 7. The van der Waals surface area contributed by atoms with Crippen LogP contribution in [0, 0.1) is 6.92 Å². The van der Waals surface area contributed by atoms with E-state index >= 15 is 0 Å². The number of aromatic nitrogens is 5. The maximum absolute atomic E-state index is 5.73. The molecule has 0 spiro atoms. The third-order valence-electron chi connectivity index (χ3n) is 4.57. The van der Waals surface area contributed by atoms with Crippen molar-refractivity contribution in [3.63, 3.8) is 0 Å². The molecular weight excluding hydrogens is 398 g/mol. The van der Waals surface area contributed by atoms with Gasteiger partial charge in [0.2, 0.25) is 11.8 Å². The first-order valence-corrected chi connectivity index (χ1v) is 10.7. The summed E-state index contributed by atoms with van der Waals surface area (Å²) in [4.78, 5) is 0. The van der Waals surface area contributed by atoms with E-state index in [1.165, 1.54) is 17.3 Å². The molecule has 7 nitrogen and oxygen atoms in total. The average Bonchev–Trinajstić information content (AvgIpc) is 3.40. The predicted octanol–water partition coefficient (Wildman–Crippen LogP) is 5.05. The number of thioether (sulfide) groups is 1. The van der Waals surface area contributed by atoms with Crippen molar-refractivity contribution in [2.75, 3.05) is 7.11 Å². The highest BCUT2D eigenvalue weighted by Gasteiger charge is 2.18. The minimum Gasteiger partial charge on any atom is -0.497 e. The lowest BCUT2D eigenvalue weighted by atomic mass is 10.2. The van der Waals surface area contributed by atoms with Gasteiger partial charge in [0, 0.05) is 17.2 Å². The van der Waals surface area contributed by atoms with Gasteiger partial charge in [-0.15, -0.1) is 20.4 Å². The summed E-state index contributed by atoms with van der Waals surface area (Å²) in [5.41, 5.74) is 3.14. The molecule has 4 aromatic rings. The van der Waals surface area contributed by atoms with Crippen LogP contribution in [0.5, 0.6) is 5.75 Å². The van der Waals surface area contributed by atoms with E-state index in [-0.39, 0.29) is 5.92 Å². The highest BCUT2D eigenvalue weighted by atomic mass is 32.2. The van der Waals surface area contributed by atoms with Crippen LogP contribution in [-0.2, 0) is 5.75 Å². The van der Waals surface area contributed by atoms with Crippen LogP contribution in [0.3, 0.4) is 0 Å². The number of rotatable bonds is 7. The van der Waals surface area contributed by atoms with Gasteiger partial charge in [-0.3, -0.25) is 4.57 Å². The maximum Gasteiger partial charge on any atom is 0.226 e. The van der Waals surface area contributed by atoms with Gasteiger partial charge in [-0.1, -0.05) is 43.3 Å². The number of aryl methyl sites for hydroxylation is 1. The summed E-state index contributed by atoms with van der Waals surface area (Å²) in [5, 5.41) is 17.9. The molecule has 0 amide bonds. The van der Waals surface area contributed by atoms with Gasteiger partial charge in [-0.2, -0.15) is 0 Å². The third kappa shape index (κ3) is 4.23. The van der Waals surface area contributed by atoms with E-state index in [9.17, 15) is 0 Å². The monoisotopic (exact) mass is 421 g/mol. The van der Waals surface area contributed by atoms with Crippen LogP contribution in [0.2, 0.25) is 0 Å². The Morgan fingerprint density at radius 3 is 2.33 bits per heavy atom. The molecule has 0 unspecified atom stereocenters. The second-order valence-electron chi connectivity index (χ2n) is 7.18. The summed E-state index contributed by atoms with van der Waals surface area (Å²) in [6, 6.07) is 16.1. The quantitative estimate of drug-likeness (QED) is 0.386. The first-order chi connectivity index (χ1) is 14.5. The SMILES string of the molecule is COc1ccc(-c2nnc(SCc3nnc(C(C)C)o3)n2-c2ccc(C)cc2)cc1. The Morgan fingerprint density at radius 2 is 1.70 bits per heavy atom. The van der Waals surface area contributed by atoms with Gasteiger partial charge in [0.25, 0.3) is 0 Å². The van der Waals surface area contributed by atoms with Crippen LogP contribution < -0.4 is 4.74 Å². The lowest BCUT2D eigenvalue weighted by Gasteiger charge is -2.11. The van der Waals surface area contributed by atoms with E-state index in [0.717, 1.165) is 28.0 Å². The zero-order valence-electron chi connectivity index (χ0n) is 17.4. The molecule has 0 atom stereocenters. The second-order valence-corrected chi connectivity index (χ2v) is 8.13. The first-order valence-electron chi connectivity index (χ1n) is 9.67. The number of benzene rings is 2. The highest BCUT2D eigenvalue weighted by Crippen LogP contribution is 2.30. The topological polar surface area (TPSA) is 78.9 Å². The van der Waals surface area contributed by atoms with E-state index in [1.54, 1.807) is 7.11 Å². The van der Waals surface area contributed by atoms with E-state index in [0.29, 0.717) is 17.5 Å². The molecule has 154 valence electrons. The molecule has 0 aliphatic heterocycles. The van der Waals surface area contributed by atoms with Gasteiger partial charge in [0.05, 0.1) is 12.9 Å². The van der Waals surface area contributed by atoms with Crippen LogP contribution in [0.15, 0.2) is 58.1 Å². The Hall–Kier alpha value is -3.13. The molecule has 2 heterocycles. The fourth-order valence-corrected chi connectivity index (χ4v) is 3.69. The van der Waals surface area contributed by atoms with Crippen molar-refractivity contribution in [1.29, 1.82) is 0 Å². The Bertz CT molecular complexity index is 1120. The summed E-state index contributed by atoms with van der Waals surface area (Å²) in [6.45, 7) is 6.12. The molecule has 0 saturated carbocycles. The molecule has 2 aromatic heterocycles. The van der Waals surface area contributed by atoms with Gasteiger partial charge in [0.15, 0.2) is 11.0 Å². The lowest BCUT2D eigenvalue weighted by Crippen LogP contribution is -2.00. The fraction of sp³-hybridized carbons (Fsp3) is 0.273. The molecule has 0 radical (unpaired) electrons. The Kier molecular flexibility index (Phi) is 5.85. The third-order valence-corrected chi connectivity index (χ3v) is 5.49. The molecule has 0 N–H and O–H groups in total. The molecule has 0 fully saturated rings. The van der Waals surface area contributed by atoms with E-state index in [2.05, 4.69) is 51.6 Å². The van der Waals surface area contributed by atoms with Crippen molar-refractivity contribution in [2.45, 2.75) is 37.6 Å². The Morgan fingerprint density at radius 1 is 0.967 bits per heavy atom. The number of ether oxygens (including phenoxy) is 1. The van der Waals surface area contributed by atoms with E-state index in [1.807, 2.05) is 42.7 Å². The van der Waals surface area contributed by atoms with E-state index in [4.69, 9.17) is 9.15 Å². The first kappa shape index (κ1) is 20.2. The maximum atomic E-state index is 5.73. The molecule has 0 aliphatic rings. The van der Waals surface area contributed by atoms with Crippen molar-refractivity contribution >= 4 is 11.8 Å². The summed E-state index contributed by atoms with van der Waals surface area (Å²) in [7, 11) is 1.65. The average molecular weight is 422 g/mol. The minimum atomic E-state index is 0.203. The zero-order valence-corrected chi connectivity index (χ0v) is 18.2. The summed E-state index contributed by atoms with van der Waals surface area (Å²) in [5.74, 6) is 3.50. The molecule has 30 heavy (non-hydrogen) atoms. The van der Waals surface area contributed by atoms with Gasteiger partial charge in [-0.05, 0) is 43.3 Å². The molecular formula is C22H23N5O2S. The standard InChI is InChI=1S/C22H23N5O2S/c1-14(2)21-25-23-19(29-21)13-30-22-26-24-20(16-7-11-18(28-4)12-8-16)27(22)17-9-5-15(3)6-10-17/h5-12,14H,13H2,1-4H3. The van der Waals surface area contributed by atoms with Crippen molar-refractivity contribution in [3.05, 3.63) is 65.9 Å². The van der Waals surface area contributed by atoms with Crippen molar-refractivity contribution in [2.24, 2.45) is 0 Å². The molecule has 8 heteroatoms. The van der Waals surface area contributed by atoms with Gasteiger partial charge < -0.3 is 9.15 Å². The van der Waals surface area contributed by atoms with E-state index < -0.39 is 0 Å². The van der Waals surface area contributed by atoms with Gasteiger partial charge in [-0.25, -0.2) is 0 Å². The smallest absolute Gasteiger partial charge is 0.226 e. The molecule has 0 saturated heterocycles.